The van der Waals surface area contributed by atoms with Gasteiger partial charge in [-0.3, -0.25) is 28.8 Å². The molecule has 40 heavy (non-hydrogen) atoms. The molecule has 216 valence electrons. The summed E-state index contributed by atoms with van der Waals surface area (Å²) in [6, 6.07) is 6.03. The predicted molar refractivity (Wildman–Crippen MR) is 145 cm³/mol. The molecular weight excluding hydrogens is 514 g/mol. The lowest BCUT2D eigenvalue weighted by molar-refractivity contribution is -0.143. The van der Waals surface area contributed by atoms with Crippen molar-refractivity contribution in [1.29, 1.82) is 0 Å². The maximum atomic E-state index is 13.4. The van der Waals surface area contributed by atoms with Crippen molar-refractivity contribution < 1.29 is 28.8 Å². The van der Waals surface area contributed by atoms with Crippen molar-refractivity contribution in [2.24, 2.45) is 23.2 Å². The highest BCUT2D eigenvalue weighted by molar-refractivity contribution is 6.38. The van der Waals surface area contributed by atoms with Gasteiger partial charge in [-0.25, -0.2) is 0 Å². The molecule has 5 amide bonds. The van der Waals surface area contributed by atoms with Gasteiger partial charge in [0.25, 0.3) is 5.91 Å². The van der Waals surface area contributed by atoms with E-state index in [0.717, 1.165) is 12.8 Å². The number of nitrogens with zero attached hydrogens (tertiary/aromatic N) is 2. The molecule has 0 spiro atoms. The third-order valence-corrected chi connectivity index (χ3v) is 8.54. The number of hydrogen-bond acceptors (Lipinski definition) is 6. The fourth-order valence-corrected chi connectivity index (χ4v) is 5.90. The first-order valence-corrected chi connectivity index (χ1v) is 13.8. The lowest BCUT2D eigenvalue weighted by Crippen LogP contribution is -2.55. The topological polar surface area (TPSA) is 145 Å². The summed E-state index contributed by atoms with van der Waals surface area (Å²) < 4.78 is 0. The minimum Gasteiger partial charge on any atom is -0.347 e. The number of piperidine rings is 1. The van der Waals surface area contributed by atoms with Crippen LogP contribution in [0.3, 0.4) is 0 Å². The molecule has 3 aliphatic rings. The number of rotatable bonds is 11. The molecule has 1 aromatic carbocycles. The summed E-state index contributed by atoms with van der Waals surface area (Å²) in [5.41, 5.74) is 0.511. The van der Waals surface area contributed by atoms with Crippen molar-refractivity contribution >= 4 is 35.3 Å². The molecule has 0 radical (unpaired) electrons. The van der Waals surface area contributed by atoms with Crippen molar-refractivity contribution in [3.63, 3.8) is 0 Å². The van der Waals surface area contributed by atoms with Crippen LogP contribution in [0.4, 0.5) is 0 Å². The highest BCUT2D eigenvalue weighted by Crippen LogP contribution is 2.64. The second-order valence-corrected chi connectivity index (χ2v) is 12.0. The van der Waals surface area contributed by atoms with Crippen LogP contribution in [-0.4, -0.2) is 84.4 Å². The average molecular weight is 554 g/mol. The SMILES string of the molecule is CC(=O)N1CC2C(C1C(=O)NC(CC1CC1)C(=O)C(=O)NCC(=O)N[C@H](C(=O)N(C)C)c1ccccc1)C2(C)C. The van der Waals surface area contributed by atoms with Crippen LogP contribution in [0.5, 0.6) is 0 Å². The first kappa shape index (κ1) is 29.2. The van der Waals surface area contributed by atoms with Crippen molar-refractivity contribution in [3.8, 4) is 0 Å². The van der Waals surface area contributed by atoms with Crippen molar-refractivity contribution in [1.82, 2.24) is 25.8 Å². The number of amides is 5. The largest absolute Gasteiger partial charge is 0.347 e. The molecular formula is C29H39N5O6. The Hall–Kier alpha value is -3.76. The Balaban J connectivity index is 1.37. The van der Waals surface area contributed by atoms with E-state index in [2.05, 4.69) is 29.8 Å². The summed E-state index contributed by atoms with van der Waals surface area (Å²) in [7, 11) is 3.15. The highest BCUT2D eigenvalue weighted by atomic mass is 16.2. The van der Waals surface area contributed by atoms with Gasteiger partial charge in [-0.1, -0.05) is 57.0 Å². The number of likely N-dealkylation sites (N-methyl/N-ethyl adjacent to an activating group) is 1. The van der Waals surface area contributed by atoms with E-state index in [4.69, 9.17) is 0 Å². The molecule has 2 aliphatic carbocycles. The Kier molecular flexibility index (Phi) is 8.32. The zero-order chi connectivity index (χ0) is 29.4. The maximum absolute atomic E-state index is 13.4. The van der Waals surface area contributed by atoms with Gasteiger partial charge in [0.05, 0.1) is 12.6 Å². The highest BCUT2D eigenvalue weighted by Gasteiger charge is 2.69. The van der Waals surface area contributed by atoms with Gasteiger partial charge in [0.1, 0.15) is 12.1 Å². The Morgan fingerprint density at radius 3 is 2.25 bits per heavy atom. The summed E-state index contributed by atoms with van der Waals surface area (Å²) in [6.07, 6.45) is 2.14. The second kappa shape index (κ2) is 11.4. The first-order chi connectivity index (χ1) is 18.8. The van der Waals surface area contributed by atoms with Gasteiger partial charge in [0.15, 0.2) is 0 Å². The van der Waals surface area contributed by atoms with Crippen LogP contribution in [0.1, 0.15) is 51.6 Å². The van der Waals surface area contributed by atoms with Gasteiger partial charge in [-0.2, -0.15) is 0 Å². The molecule has 1 aromatic rings. The lowest BCUT2D eigenvalue weighted by Gasteiger charge is -2.30. The second-order valence-electron chi connectivity index (χ2n) is 12.0. The van der Waals surface area contributed by atoms with Crippen molar-refractivity contribution in [2.75, 3.05) is 27.2 Å². The van der Waals surface area contributed by atoms with Crippen molar-refractivity contribution in [3.05, 3.63) is 35.9 Å². The Labute approximate surface area is 234 Å². The first-order valence-electron chi connectivity index (χ1n) is 13.8. The molecule has 3 fully saturated rings. The zero-order valence-corrected chi connectivity index (χ0v) is 23.7. The van der Waals surface area contributed by atoms with Crippen molar-refractivity contribution in [2.45, 2.75) is 58.2 Å². The molecule has 0 bridgehead atoms. The zero-order valence-electron chi connectivity index (χ0n) is 23.7. The van der Waals surface area contributed by atoms with E-state index in [1.807, 2.05) is 0 Å². The summed E-state index contributed by atoms with van der Waals surface area (Å²) in [4.78, 5) is 79.8. The van der Waals surface area contributed by atoms with E-state index in [1.165, 1.54) is 11.8 Å². The fourth-order valence-electron chi connectivity index (χ4n) is 5.90. The van der Waals surface area contributed by atoms with E-state index in [1.54, 1.807) is 49.3 Å². The smallest absolute Gasteiger partial charge is 0.290 e. The van der Waals surface area contributed by atoms with E-state index < -0.39 is 48.2 Å². The molecule has 1 heterocycles. The lowest BCUT2D eigenvalue weighted by atomic mass is 9.99. The predicted octanol–water partition coefficient (Wildman–Crippen LogP) is 0.405. The summed E-state index contributed by atoms with van der Waals surface area (Å²) in [5.74, 6) is -2.97. The third kappa shape index (κ3) is 6.18. The van der Waals surface area contributed by atoms with E-state index in [0.29, 0.717) is 18.5 Å². The summed E-state index contributed by atoms with van der Waals surface area (Å²) in [6.45, 7) is 5.55. The number of fused-ring (bicyclic) bond motifs is 1. The van der Waals surface area contributed by atoms with Crippen LogP contribution in [0.25, 0.3) is 0 Å². The molecule has 3 N–H and O–H groups in total. The Morgan fingerprint density at radius 2 is 1.68 bits per heavy atom. The van der Waals surface area contributed by atoms with Crippen LogP contribution < -0.4 is 16.0 Å². The fraction of sp³-hybridized carbons (Fsp3) is 0.586. The van der Waals surface area contributed by atoms with Crippen LogP contribution in [0.2, 0.25) is 0 Å². The third-order valence-electron chi connectivity index (χ3n) is 8.54. The van der Waals surface area contributed by atoms with Crippen LogP contribution >= 0.6 is 0 Å². The average Bonchev–Trinajstić information content (AvgIpc) is 3.76. The Morgan fingerprint density at radius 1 is 1.02 bits per heavy atom. The van der Waals surface area contributed by atoms with E-state index in [-0.39, 0.29) is 35.0 Å². The van der Waals surface area contributed by atoms with Gasteiger partial charge in [-0.05, 0) is 35.2 Å². The molecule has 11 nitrogen and oxygen atoms in total. The maximum Gasteiger partial charge on any atom is 0.290 e. The van der Waals surface area contributed by atoms with Gasteiger partial charge < -0.3 is 25.8 Å². The van der Waals surface area contributed by atoms with Crippen LogP contribution in [0.15, 0.2) is 30.3 Å². The Bertz CT molecular complexity index is 1190. The summed E-state index contributed by atoms with van der Waals surface area (Å²) in [5, 5.41) is 7.72. The number of likely N-dealkylation sites (tertiary alicyclic amines) is 1. The molecule has 0 aromatic heterocycles. The van der Waals surface area contributed by atoms with E-state index >= 15 is 0 Å². The molecule has 1 saturated heterocycles. The number of carbonyl (C=O) groups excluding carboxylic acids is 6. The van der Waals surface area contributed by atoms with Crippen LogP contribution in [0, 0.1) is 23.2 Å². The molecule has 5 atom stereocenters. The molecule has 1 aliphatic heterocycles. The number of ketones is 1. The standard InChI is InChI=1S/C29H39N5O6/c1-16(35)34-15-19-22(29(19,2)3)24(34)26(38)31-20(13-17-11-12-17)25(37)27(39)30-14-21(36)32-23(28(40)33(4)5)18-9-7-6-8-10-18/h6-10,17,19-20,22-24H,11-15H2,1-5H3,(H,30,39)(H,31,38)(H,32,36)/t19?,20?,22?,23-,24?/m0/s1. The van der Waals surface area contributed by atoms with Crippen LogP contribution in [-0.2, 0) is 28.8 Å². The minimum atomic E-state index is -1.05. The normalized spacial score (nSPS) is 23.7. The number of benzene rings is 1. The molecule has 2 saturated carbocycles. The number of hydrogen-bond donors (Lipinski definition) is 3. The molecule has 11 heteroatoms. The van der Waals surface area contributed by atoms with Gasteiger partial charge in [-0.15, -0.1) is 0 Å². The van der Waals surface area contributed by atoms with Gasteiger partial charge in [0.2, 0.25) is 29.4 Å². The molecule has 4 rings (SSSR count). The van der Waals surface area contributed by atoms with Gasteiger partial charge >= 0.3 is 0 Å². The monoisotopic (exact) mass is 553 g/mol. The quantitative estimate of drug-likeness (QED) is 0.339. The molecule has 4 unspecified atom stereocenters. The number of Topliss-reactive ketones (excluding diaryl/α,β-unsaturated/α-hetero) is 1. The minimum absolute atomic E-state index is 0.00744. The van der Waals surface area contributed by atoms with Gasteiger partial charge in [0, 0.05) is 27.6 Å². The number of carbonyl (C=O) groups is 6. The number of nitrogens with one attached hydrogen (secondary N) is 3. The summed E-state index contributed by atoms with van der Waals surface area (Å²) >= 11 is 0. The van der Waals surface area contributed by atoms with E-state index in [9.17, 15) is 28.8 Å².